The number of hydrogen-bond donors (Lipinski definition) is 0. The largest absolute Gasteiger partial charge is 0.466 e. The van der Waals surface area contributed by atoms with Crippen molar-refractivity contribution >= 4 is 25.7 Å². The van der Waals surface area contributed by atoms with Gasteiger partial charge in [-0.3, -0.25) is 4.79 Å². The minimum absolute atomic E-state index is 0.0103. The molecule has 0 radical (unpaired) electrons. The Morgan fingerprint density at radius 1 is 1.45 bits per heavy atom. The normalized spacial score (nSPS) is 18.4. The number of ether oxygens (including phenoxy) is 1. The molecule has 1 aliphatic carbocycles. The molecular weight excluding hydrogens is 300 g/mol. The quantitative estimate of drug-likeness (QED) is 0.633. The van der Waals surface area contributed by atoms with E-state index < -0.39 is 9.05 Å². The van der Waals surface area contributed by atoms with Crippen molar-refractivity contribution in [2.24, 2.45) is 0 Å². The first kappa shape index (κ1) is 15.3. The molecule has 0 aliphatic heterocycles. The smallest absolute Gasteiger partial charge is 0.306 e. The first-order valence-corrected chi connectivity index (χ1v) is 8.96. The standard InChI is InChI=1S/C14H17ClO4S/c1-2-19-14(16)8-11-5-3-4-10-6-7-12(9-13(10)11)20(15,17)18/h6-7,9,11H,2-5,8H2,1H3. The van der Waals surface area contributed by atoms with Crippen LogP contribution in [-0.4, -0.2) is 21.0 Å². The number of esters is 1. The Hall–Kier alpha value is -1.07. The number of hydrogen-bond acceptors (Lipinski definition) is 4. The van der Waals surface area contributed by atoms with Crippen molar-refractivity contribution in [1.29, 1.82) is 0 Å². The van der Waals surface area contributed by atoms with Crippen LogP contribution in [0.4, 0.5) is 0 Å². The highest BCUT2D eigenvalue weighted by molar-refractivity contribution is 8.13. The molecule has 1 aromatic rings. The van der Waals surface area contributed by atoms with Crippen LogP contribution in [0.2, 0.25) is 0 Å². The van der Waals surface area contributed by atoms with Crippen LogP contribution in [0.25, 0.3) is 0 Å². The number of halogens is 1. The van der Waals surface area contributed by atoms with Gasteiger partial charge in [0.2, 0.25) is 0 Å². The molecule has 20 heavy (non-hydrogen) atoms. The Kier molecular flexibility index (Phi) is 4.70. The molecule has 6 heteroatoms. The fourth-order valence-electron chi connectivity index (χ4n) is 2.66. The van der Waals surface area contributed by atoms with Crippen molar-refractivity contribution in [3.05, 3.63) is 29.3 Å². The molecule has 1 atom stereocenters. The number of fused-ring (bicyclic) bond motifs is 1. The topological polar surface area (TPSA) is 60.4 Å². The summed E-state index contributed by atoms with van der Waals surface area (Å²) in [6.07, 6.45) is 3.03. The van der Waals surface area contributed by atoms with E-state index in [4.69, 9.17) is 15.4 Å². The Morgan fingerprint density at radius 3 is 2.85 bits per heavy atom. The fourth-order valence-corrected chi connectivity index (χ4v) is 3.45. The first-order valence-electron chi connectivity index (χ1n) is 6.65. The van der Waals surface area contributed by atoms with Crippen LogP contribution >= 0.6 is 10.7 Å². The molecule has 0 spiro atoms. The summed E-state index contributed by atoms with van der Waals surface area (Å²) >= 11 is 0. The van der Waals surface area contributed by atoms with E-state index in [1.54, 1.807) is 19.1 Å². The monoisotopic (exact) mass is 316 g/mol. The van der Waals surface area contributed by atoms with Crippen LogP contribution in [0, 0.1) is 0 Å². The Bertz CT molecular complexity index is 610. The van der Waals surface area contributed by atoms with Gasteiger partial charge in [0, 0.05) is 10.7 Å². The molecule has 0 amide bonds. The lowest BCUT2D eigenvalue weighted by Crippen LogP contribution is -2.16. The number of carbonyl (C=O) groups is 1. The van der Waals surface area contributed by atoms with E-state index in [1.807, 2.05) is 0 Å². The summed E-state index contributed by atoms with van der Waals surface area (Å²) in [6.45, 7) is 2.12. The molecule has 1 aromatic carbocycles. The summed E-state index contributed by atoms with van der Waals surface area (Å²) in [5.74, 6) is -0.236. The lowest BCUT2D eigenvalue weighted by Gasteiger charge is -2.25. The molecule has 0 saturated carbocycles. The molecule has 0 heterocycles. The molecule has 0 N–H and O–H groups in total. The van der Waals surface area contributed by atoms with Crippen molar-refractivity contribution < 1.29 is 17.9 Å². The van der Waals surface area contributed by atoms with Crippen LogP contribution < -0.4 is 0 Å². The molecule has 1 aliphatic rings. The van der Waals surface area contributed by atoms with Gasteiger partial charge >= 0.3 is 5.97 Å². The first-order chi connectivity index (χ1) is 9.41. The molecular formula is C14H17ClO4S. The van der Waals surface area contributed by atoms with E-state index >= 15 is 0 Å². The molecule has 110 valence electrons. The van der Waals surface area contributed by atoms with Gasteiger partial charge in [0.1, 0.15) is 0 Å². The van der Waals surface area contributed by atoms with E-state index in [1.165, 1.54) is 6.07 Å². The second-order valence-corrected chi connectivity index (χ2v) is 7.46. The second kappa shape index (κ2) is 6.14. The average Bonchev–Trinajstić information content (AvgIpc) is 2.38. The van der Waals surface area contributed by atoms with Gasteiger partial charge in [-0.15, -0.1) is 0 Å². The minimum Gasteiger partial charge on any atom is -0.466 e. The van der Waals surface area contributed by atoms with Crippen molar-refractivity contribution in [2.45, 2.75) is 43.4 Å². The van der Waals surface area contributed by atoms with Gasteiger partial charge in [-0.25, -0.2) is 8.42 Å². The van der Waals surface area contributed by atoms with Crippen molar-refractivity contribution in [3.8, 4) is 0 Å². The van der Waals surface area contributed by atoms with E-state index in [2.05, 4.69) is 0 Å². The summed E-state index contributed by atoms with van der Waals surface area (Å²) in [4.78, 5) is 11.7. The van der Waals surface area contributed by atoms with Crippen LogP contribution in [0.3, 0.4) is 0 Å². The Balaban J connectivity index is 2.31. The second-order valence-electron chi connectivity index (χ2n) is 4.90. The molecule has 4 nitrogen and oxygen atoms in total. The number of rotatable bonds is 4. The highest BCUT2D eigenvalue weighted by Crippen LogP contribution is 2.36. The zero-order valence-corrected chi connectivity index (χ0v) is 12.8. The van der Waals surface area contributed by atoms with Crippen LogP contribution in [0.15, 0.2) is 23.1 Å². The van der Waals surface area contributed by atoms with Crippen LogP contribution in [0.1, 0.15) is 43.2 Å². The third-order valence-electron chi connectivity index (χ3n) is 3.56. The summed E-state index contributed by atoms with van der Waals surface area (Å²) in [7, 11) is 1.64. The van der Waals surface area contributed by atoms with E-state index in [0.717, 1.165) is 30.4 Å². The summed E-state index contributed by atoms with van der Waals surface area (Å²) in [5.41, 5.74) is 2.00. The maximum Gasteiger partial charge on any atom is 0.306 e. The summed E-state index contributed by atoms with van der Waals surface area (Å²) < 4.78 is 27.8. The molecule has 0 fully saturated rings. The number of benzene rings is 1. The van der Waals surface area contributed by atoms with Crippen LogP contribution in [0.5, 0.6) is 0 Å². The minimum atomic E-state index is -3.74. The zero-order chi connectivity index (χ0) is 14.8. The lowest BCUT2D eigenvalue weighted by atomic mass is 9.81. The van der Waals surface area contributed by atoms with Crippen molar-refractivity contribution in [1.82, 2.24) is 0 Å². The number of carbonyl (C=O) groups excluding carboxylic acids is 1. The van der Waals surface area contributed by atoms with Gasteiger partial charge < -0.3 is 4.74 Å². The Morgan fingerprint density at radius 2 is 2.20 bits per heavy atom. The van der Waals surface area contributed by atoms with Gasteiger partial charge in [-0.2, -0.15) is 0 Å². The van der Waals surface area contributed by atoms with Gasteiger partial charge in [-0.05, 0) is 55.4 Å². The third kappa shape index (κ3) is 3.52. The van der Waals surface area contributed by atoms with Gasteiger partial charge in [0.15, 0.2) is 0 Å². The van der Waals surface area contributed by atoms with Gasteiger partial charge in [0.25, 0.3) is 9.05 Å². The number of aryl methyl sites for hydroxylation is 1. The van der Waals surface area contributed by atoms with Gasteiger partial charge in [0.05, 0.1) is 17.9 Å². The van der Waals surface area contributed by atoms with Crippen molar-refractivity contribution in [3.63, 3.8) is 0 Å². The maximum atomic E-state index is 11.6. The zero-order valence-electron chi connectivity index (χ0n) is 11.3. The van der Waals surface area contributed by atoms with Gasteiger partial charge in [-0.1, -0.05) is 6.07 Å². The Labute approximate surface area is 123 Å². The van der Waals surface area contributed by atoms with E-state index in [-0.39, 0.29) is 23.2 Å². The SMILES string of the molecule is CCOC(=O)CC1CCCc2ccc(S(=O)(=O)Cl)cc21. The van der Waals surface area contributed by atoms with Crippen LogP contribution in [-0.2, 0) is 25.0 Å². The molecule has 0 bridgehead atoms. The summed E-state index contributed by atoms with van der Waals surface area (Å²) in [6, 6.07) is 4.91. The van der Waals surface area contributed by atoms with Crippen molar-refractivity contribution in [2.75, 3.05) is 6.61 Å². The van der Waals surface area contributed by atoms with E-state index in [9.17, 15) is 13.2 Å². The predicted molar refractivity (Wildman–Crippen MR) is 76.4 cm³/mol. The molecule has 2 rings (SSSR count). The molecule has 0 saturated heterocycles. The average molecular weight is 317 g/mol. The molecule has 1 unspecified atom stereocenters. The highest BCUT2D eigenvalue weighted by atomic mass is 35.7. The summed E-state index contributed by atoms with van der Waals surface area (Å²) in [5, 5.41) is 0. The molecule has 0 aromatic heterocycles. The predicted octanol–water partition coefficient (Wildman–Crippen LogP) is 2.99. The lowest BCUT2D eigenvalue weighted by molar-refractivity contribution is -0.143. The maximum absolute atomic E-state index is 11.6. The van der Waals surface area contributed by atoms with E-state index in [0.29, 0.717) is 6.61 Å². The highest BCUT2D eigenvalue weighted by Gasteiger charge is 2.25. The fraction of sp³-hybridized carbons (Fsp3) is 0.500. The third-order valence-corrected chi connectivity index (χ3v) is 4.91.